The normalized spacial score (nSPS) is 8.64. The van der Waals surface area contributed by atoms with Crippen LogP contribution in [0.4, 0.5) is 5.69 Å². The minimum atomic E-state index is -0.553. The summed E-state index contributed by atoms with van der Waals surface area (Å²) < 4.78 is 0. The highest BCUT2D eigenvalue weighted by Crippen LogP contribution is 2.20. The SMILES string of the molecule is O=CC#Cc1cc([N+](=O)[O-])ccc1Cl. The van der Waals surface area contributed by atoms with Crippen molar-refractivity contribution in [2.24, 2.45) is 0 Å². The predicted molar refractivity (Wildman–Crippen MR) is 51.0 cm³/mol. The van der Waals surface area contributed by atoms with Crippen molar-refractivity contribution in [3.05, 3.63) is 38.9 Å². The lowest BCUT2D eigenvalue weighted by Crippen LogP contribution is -1.88. The van der Waals surface area contributed by atoms with E-state index in [0.717, 1.165) is 0 Å². The van der Waals surface area contributed by atoms with Gasteiger partial charge in [-0.2, -0.15) is 0 Å². The topological polar surface area (TPSA) is 60.2 Å². The van der Waals surface area contributed by atoms with Gasteiger partial charge in [0.05, 0.1) is 15.5 Å². The van der Waals surface area contributed by atoms with E-state index >= 15 is 0 Å². The molecule has 0 fully saturated rings. The lowest BCUT2D eigenvalue weighted by atomic mass is 10.2. The number of nitro benzene ring substituents is 1. The highest BCUT2D eigenvalue weighted by molar-refractivity contribution is 6.31. The van der Waals surface area contributed by atoms with E-state index in [1.165, 1.54) is 18.2 Å². The molecule has 1 rings (SSSR count). The highest BCUT2D eigenvalue weighted by atomic mass is 35.5. The number of rotatable bonds is 1. The summed E-state index contributed by atoms with van der Waals surface area (Å²) in [5, 5.41) is 10.7. The number of carbonyl (C=O) groups is 1. The Kier molecular flexibility index (Phi) is 3.21. The molecule has 0 N–H and O–H groups in total. The molecule has 0 saturated carbocycles. The monoisotopic (exact) mass is 209 g/mol. The number of benzene rings is 1. The van der Waals surface area contributed by atoms with Gasteiger partial charge in [0.25, 0.3) is 5.69 Å². The van der Waals surface area contributed by atoms with Crippen molar-refractivity contribution in [3.8, 4) is 11.8 Å². The van der Waals surface area contributed by atoms with Crippen molar-refractivity contribution < 1.29 is 9.72 Å². The maximum Gasteiger partial charge on any atom is 0.270 e. The molecule has 1 aromatic rings. The van der Waals surface area contributed by atoms with Gasteiger partial charge in [-0.1, -0.05) is 17.5 Å². The first-order chi connectivity index (χ1) is 6.65. The van der Waals surface area contributed by atoms with Crippen molar-refractivity contribution in [2.45, 2.75) is 0 Å². The Morgan fingerprint density at radius 1 is 1.50 bits per heavy atom. The molecule has 0 saturated heterocycles. The van der Waals surface area contributed by atoms with E-state index in [1.54, 1.807) is 0 Å². The minimum absolute atomic E-state index is 0.107. The van der Waals surface area contributed by atoms with Gasteiger partial charge in [-0.25, -0.2) is 0 Å². The van der Waals surface area contributed by atoms with E-state index < -0.39 is 4.92 Å². The summed E-state index contributed by atoms with van der Waals surface area (Å²) in [6, 6.07) is 3.86. The molecule has 0 radical (unpaired) electrons. The zero-order chi connectivity index (χ0) is 10.6. The number of halogens is 1. The standard InChI is InChI=1S/C9H4ClNO3/c10-9-4-3-8(11(13)14)6-7(9)2-1-5-12/h3-6H. The maximum absolute atomic E-state index is 10.4. The van der Waals surface area contributed by atoms with E-state index in [1.807, 2.05) is 0 Å². The molecule has 14 heavy (non-hydrogen) atoms. The molecule has 1 aromatic carbocycles. The van der Waals surface area contributed by atoms with Crippen LogP contribution in [0.1, 0.15) is 5.56 Å². The molecule has 0 amide bonds. The smallest absolute Gasteiger partial charge is 0.270 e. The van der Waals surface area contributed by atoms with Gasteiger partial charge >= 0.3 is 0 Å². The molecule has 0 atom stereocenters. The van der Waals surface area contributed by atoms with Gasteiger partial charge in [0.15, 0.2) is 6.29 Å². The molecule has 0 aromatic heterocycles. The number of aldehydes is 1. The second-order valence-corrected chi connectivity index (χ2v) is 2.72. The summed E-state index contributed by atoms with van der Waals surface area (Å²) in [5.41, 5.74) is 0.164. The molecular formula is C9H4ClNO3. The van der Waals surface area contributed by atoms with Gasteiger partial charge in [-0.15, -0.1) is 0 Å². The van der Waals surface area contributed by atoms with Crippen LogP contribution in [0, 0.1) is 22.0 Å². The number of nitrogens with zero attached hydrogens (tertiary/aromatic N) is 1. The third-order valence-corrected chi connectivity index (χ3v) is 1.76. The van der Waals surface area contributed by atoms with E-state index in [9.17, 15) is 14.9 Å². The van der Waals surface area contributed by atoms with E-state index in [0.29, 0.717) is 6.29 Å². The summed E-state index contributed by atoms with van der Waals surface area (Å²) in [4.78, 5) is 19.8. The van der Waals surface area contributed by atoms with Crippen LogP contribution in [0.2, 0.25) is 5.02 Å². The Balaban J connectivity index is 3.21. The molecule has 4 nitrogen and oxygen atoms in total. The largest absolute Gasteiger partial charge is 0.289 e. The number of nitro groups is 1. The van der Waals surface area contributed by atoms with Crippen molar-refractivity contribution in [1.82, 2.24) is 0 Å². The average Bonchev–Trinajstić information content (AvgIpc) is 2.16. The van der Waals surface area contributed by atoms with Gasteiger partial charge in [-0.3, -0.25) is 14.9 Å². The first-order valence-electron chi connectivity index (χ1n) is 3.54. The summed E-state index contributed by atoms with van der Waals surface area (Å²) in [6.45, 7) is 0. The molecule has 0 spiro atoms. The summed E-state index contributed by atoms with van der Waals surface area (Å²) in [7, 11) is 0. The van der Waals surface area contributed by atoms with Crippen LogP contribution >= 0.6 is 11.6 Å². The van der Waals surface area contributed by atoms with Crippen LogP contribution in [-0.4, -0.2) is 11.2 Å². The third kappa shape index (κ3) is 2.31. The lowest BCUT2D eigenvalue weighted by Gasteiger charge is -1.95. The molecule has 0 aliphatic carbocycles. The van der Waals surface area contributed by atoms with Gasteiger partial charge in [-0.05, 0) is 12.0 Å². The Hall–Kier alpha value is -1.86. The Bertz CT molecular complexity index is 445. The zero-order valence-corrected chi connectivity index (χ0v) is 7.62. The summed E-state index contributed by atoms with van der Waals surface area (Å²) in [5.74, 6) is 4.54. The maximum atomic E-state index is 10.4. The summed E-state index contributed by atoms with van der Waals surface area (Å²) >= 11 is 5.70. The van der Waals surface area contributed by atoms with Gasteiger partial charge in [0.2, 0.25) is 0 Å². The van der Waals surface area contributed by atoms with Gasteiger partial charge in [0, 0.05) is 12.1 Å². The van der Waals surface area contributed by atoms with Crippen LogP contribution in [0.15, 0.2) is 18.2 Å². The van der Waals surface area contributed by atoms with Crippen molar-refractivity contribution in [1.29, 1.82) is 0 Å². The first kappa shape index (κ1) is 10.2. The van der Waals surface area contributed by atoms with Crippen LogP contribution in [0.25, 0.3) is 0 Å². The number of hydrogen-bond acceptors (Lipinski definition) is 3. The van der Waals surface area contributed by atoms with Crippen molar-refractivity contribution >= 4 is 23.6 Å². The van der Waals surface area contributed by atoms with Crippen molar-refractivity contribution in [2.75, 3.05) is 0 Å². The van der Waals surface area contributed by atoms with Crippen LogP contribution in [0.5, 0.6) is 0 Å². The first-order valence-corrected chi connectivity index (χ1v) is 3.92. The number of non-ortho nitro benzene ring substituents is 1. The second kappa shape index (κ2) is 4.40. The predicted octanol–water partition coefficient (Wildman–Crippen LogP) is 1.80. The van der Waals surface area contributed by atoms with Crippen LogP contribution < -0.4 is 0 Å². The van der Waals surface area contributed by atoms with Gasteiger partial charge in [0.1, 0.15) is 0 Å². The van der Waals surface area contributed by atoms with E-state index in [2.05, 4.69) is 11.8 Å². The fraction of sp³-hybridized carbons (Fsp3) is 0. The molecule has 5 heteroatoms. The molecule has 70 valence electrons. The molecule has 0 bridgehead atoms. The van der Waals surface area contributed by atoms with Crippen molar-refractivity contribution in [3.63, 3.8) is 0 Å². The fourth-order valence-electron chi connectivity index (χ4n) is 0.830. The molecule has 0 heterocycles. The second-order valence-electron chi connectivity index (χ2n) is 2.31. The number of hydrogen-bond donors (Lipinski definition) is 0. The molecule has 0 aliphatic heterocycles. The van der Waals surface area contributed by atoms with Crippen LogP contribution in [-0.2, 0) is 4.79 Å². The molecule has 0 unspecified atom stereocenters. The Labute approximate surface area is 84.6 Å². The fourth-order valence-corrected chi connectivity index (χ4v) is 0.995. The molecule has 0 aliphatic rings. The zero-order valence-electron chi connectivity index (χ0n) is 6.86. The molecular weight excluding hydrogens is 206 g/mol. The van der Waals surface area contributed by atoms with Crippen LogP contribution in [0.3, 0.4) is 0 Å². The highest BCUT2D eigenvalue weighted by Gasteiger charge is 2.07. The van der Waals surface area contributed by atoms with E-state index in [-0.39, 0.29) is 16.3 Å². The summed E-state index contributed by atoms with van der Waals surface area (Å²) in [6.07, 6.45) is 0.398. The average molecular weight is 210 g/mol. The minimum Gasteiger partial charge on any atom is -0.289 e. The quantitative estimate of drug-likeness (QED) is 0.307. The number of carbonyl (C=O) groups excluding carboxylic acids is 1. The van der Waals surface area contributed by atoms with E-state index in [4.69, 9.17) is 11.6 Å². The third-order valence-electron chi connectivity index (χ3n) is 1.43. The lowest BCUT2D eigenvalue weighted by molar-refractivity contribution is -0.384. The Morgan fingerprint density at radius 3 is 2.79 bits per heavy atom. The van der Waals surface area contributed by atoms with Gasteiger partial charge < -0.3 is 0 Å². The Morgan fingerprint density at radius 2 is 2.21 bits per heavy atom.